The highest BCUT2D eigenvalue weighted by Crippen LogP contribution is 2.67. The van der Waals surface area contributed by atoms with Crippen LogP contribution in [0.25, 0.3) is 0 Å². The van der Waals surface area contributed by atoms with Crippen molar-refractivity contribution in [2.75, 3.05) is 6.61 Å². The maximum atomic E-state index is 12.9. The molecule has 0 bridgehead atoms. The van der Waals surface area contributed by atoms with E-state index in [0.717, 1.165) is 0 Å². The van der Waals surface area contributed by atoms with Gasteiger partial charge in [0.1, 0.15) is 5.60 Å². The lowest BCUT2D eigenvalue weighted by atomic mass is 9.45. The van der Waals surface area contributed by atoms with Crippen LogP contribution in [-0.4, -0.2) is 57.3 Å². The number of esters is 1. The van der Waals surface area contributed by atoms with Crippen LogP contribution in [0.15, 0.2) is 23.8 Å². The smallest absolute Gasteiger partial charge is 0.303 e. The average molecular weight is 418 g/mol. The quantitative estimate of drug-likeness (QED) is 0.587. The van der Waals surface area contributed by atoms with Crippen molar-refractivity contribution in [1.29, 1.82) is 0 Å². The van der Waals surface area contributed by atoms with E-state index in [2.05, 4.69) is 0 Å². The third kappa shape index (κ3) is 2.78. The first-order valence-corrected chi connectivity index (χ1v) is 10.6. The Kier molecular flexibility index (Phi) is 4.88. The molecule has 7 heteroatoms. The monoisotopic (exact) mass is 418 g/mol. The summed E-state index contributed by atoms with van der Waals surface area (Å²) in [4.78, 5) is 35.9. The van der Waals surface area contributed by atoms with Crippen LogP contribution in [0.4, 0.5) is 0 Å². The molecule has 0 aromatic heterocycles. The third-order valence-electron chi connectivity index (χ3n) is 8.53. The van der Waals surface area contributed by atoms with Crippen LogP contribution in [0.1, 0.15) is 46.5 Å². The molecule has 0 spiro atoms. The molecule has 4 rings (SSSR count). The summed E-state index contributed by atoms with van der Waals surface area (Å²) in [5.41, 5.74) is -2.60. The van der Waals surface area contributed by atoms with Crippen molar-refractivity contribution in [3.8, 4) is 0 Å². The predicted molar refractivity (Wildman–Crippen MR) is 106 cm³/mol. The van der Waals surface area contributed by atoms with Gasteiger partial charge < -0.3 is 20.1 Å². The SMILES string of the molecule is CC(=O)OCC(=O)[C@@]1(O)CC[C@H]2[C@@H]3C[C@H](O)C4=CC(=O)C=C[C@]4(C)[C@H]3[C@@H](O)C[C@@]21C. The van der Waals surface area contributed by atoms with Gasteiger partial charge in [0.25, 0.3) is 0 Å². The molecule has 3 N–H and O–H groups in total. The number of hydrogen-bond donors (Lipinski definition) is 3. The van der Waals surface area contributed by atoms with Gasteiger partial charge in [-0.3, -0.25) is 14.4 Å². The minimum absolute atomic E-state index is 0.0868. The summed E-state index contributed by atoms with van der Waals surface area (Å²) in [6.45, 7) is 4.50. The fourth-order valence-electron chi connectivity index (χ4n) is 7.13. The van der Waals surface area contributed by atoms with Crippen LogP contribution in [0.2, 0.25) is 0 Å². The Hall–Kier alpha value is -1.83. The number of aliphatic hydroxyl groups is 3. The summed E-state index contributed by atoms with van der Waals surface area (Å²) in [6, 6.07) is 0. The lowest BCUT2D eigenvalue weighted by Crippen LogP contribution is -2.63. The summed E-state index contributed by atoms with van der Waals surface area (Å²) in [6.07, 6.45) is 4.54. The first-order valence-electron chi connectivity index (χ1n) is 10.6. The second-order valence-electron chi connectivity index (χ2n) is 9.96. The molecule has 4 aliphatic rings. The Morgan fingerprint density at radius 1 is 1.27 bits per heavy atom. The minimum atomic E-state index is -1.70. The second kappa shape index (κ2) is 6.84. The third-order valence-corrected chi connectivity index (χ3v) is 8.53. The number of hydrogen-bond acceptors (Lipinski definition) is 7. The molecule has 0 heterocycles. The molecule has 4 aliphatic carbocycles. The molecule has 0 aromatic carbocycles. The molecule has 3 saturated carbocycles. The highest BCUT2D eigenvalue weighted by Gasteiger charge is 2.68. The van der Waals surface area contributed by atoms with E-state index in [0.29, 0.717) is 18.4 Å². The van der Waals surface area contributed by atoms with Crippen LogP contribution in [0.5, 0.6) is 0 Å². The molecule has 0 aromatic rings. The Balaban J connectivity index is 1.70. The van der Waals surface area contributed by atoms with E-state index in [1.165, 1.54) is 19.1 Å². The highest BCUT2D eigenvalue weighted by molar-refractivity contribution is 6.01. The molecule has 7 nitrogen and oxygen atoms in total. The molecule has 164 valence electrons. The lowest BCUT2D eigenvalue weighted by Gasteiger charge is -2.60. The van der Waals surface area contributed by atoms with Crippen molar-refractivity contribution in [1.82, 2.24) is 0 Å². The van der Waals surface area contributed by atoms with Crippen LogP contribution in [0.3, 0.4) is 0 Å². The van der Waals surface area contributed by atoms with Crippen LogP contribution < -0.4 is 0 Å². The van der Waals surface area contributed by atoms with Gasteiger partial charge in [-0.05, 0) is 55.2 Å². The summed E-state index contributed by atoms with van der Waals surface area (Å²) in [5.74, 6) is -1.72. The molecule has 0 radical (unpaired) electrons. The second-order valence-corrected chi connectivity index (χ2v) is 9.96. The molecule has 30 heavy (non-hydrogen) atoms. The topological polar surface area (TPSA) is 121 Å². The van der Waals surface area contributed by atoms with Crippen LogP contribution in [-0.2, 0) is 19.1 Å². The number of ketones is 2. The minimum Gasteiger partial charge on any atom is -0.458 e. The summed E-state index contributed by atoms with van der Waals surface area (Å²) >= 11 is 0. The van der Waals surface area contributed by atoms with Crippen molar-refractivity contribution in [3.05, 3.63) is 23.8 Å². The van der Waals surface area contributed by atoms with E-state index >= 15 is 0 Å². The summed E-state index contributed by atoms with van der Waals surface area (Å²) < 4.78 is 4.85. The number of aliphatic hydroxyl groups excluding tert-OH is 2. The van der Waals surface area contributed by atoms with Gasteiger partial charge in [-0.25, -0.2) is 0 Å². The Labute approximate surface area is 175 Å². The van der Waals surface area contributed by atoms with Gasteiger partial charge in [-0.2, -0.15) is 0 Å². The molecular weight excluding hydrogens is 388 g/mol. The zero-order valence-electron chi connectivity index (χ0n) is 17.6. The van der Waals surface area contributed by atoms with Crippen molar-refractivity contribution < 1.29 is 34.4 Å². The van der Waals surface area contributed by atoms with E-state index in [-0.39, 0.29) is 36.4 Å². The fraction of sp³-hybridized carbons (Fsp3) is 0.696. The van der Waals surface area contributed by atoms with Crippen molar-refractivity contribution >= 4 is 17.5 Å². The fourth-order valence-corrected chi connectivity index (χ4v) is 7.13. The lowest BCUT2D eigenvalue weighted by molar-refractivity contribution is -0.184. The zero-order valence-corrected chi connectivity index (χ0v) is 17.6. The zero-order chi connectivity index (χ0) is 22.1. The number of Topliss-reactive ketones (excluding diaryl/α,β-unsaturated/α-hetero) is 1. The summed E-state index contributed by atoms with van der Waals surface area (Å²) in [5, 5.41) is 33.6. The highest BCUT2D eigenvalue weighted by atomic mass is 16.5. The van der Waals surface area contributed by atoms with Gasteiger partial charge in [-0.15, -0.1) is 0 Å². The van der Waals surface area contributed by atoms with Gasteiger partial charge in [0.2, 0.25) is 5.78 Å². The number of allylic oxidation sites excluding steroid dienone is 3. The van der Waals surface area contributed by atoms with Crippen LogP contribution in [0, 0.1) is 28.6 Å². The van der Waals surface area contributed by atoms with Gasteiger partial charge in [0.05, 0.1) is 12.2 Å². The van der Waals surface area contributed by atoms with Gasteiger partial charge in [0, 0.05) is 23.7 Å². The largest absolute Gasteiger partial charge is 0.458 e. The van der Waals surface area contributed by atoms with Crippen LogP contribution >= 0.6 is 0 Å². The predicted octanol–water partition coefficient (Wildman–Crippen LogP) is 1.10. The molecule has 0 aliphatic heterocycles. The van der Waals surface area contributed by atoms with Gasteiger partial charge >= 0.3 is 5.97 Å². The van der Waals surface area contributed by atoms with Crippen molar-refractivity contribution in [2.24, 2.45) is 28.6 Å². The molecule has 8 atom stereocenters. The first-order chi connectivity index (χ1) is 13.9. The number of carbonyl (C=O) groups excluding carboxylic acids is 3. The van der Waals surface area contributed by atoms with E-state index < -0.39 is 47.0 Å². The van der Waals surface area contributed by atoms with E-state index in [1.807, 2.05) is 13.8 Å². The molecule has 0 unspecified atom stereocenters. The number of fused-ring (bicyclic) bond motifs is 5. The number of carbonyl (C=O) groups is 3. The summed E-state index contributed by atoms with van der Waals surface area (Å²) in [7, 11) is 0. The number of ether oxygens (including phenoxy) is 1. The molecule has 0 saturated heterocycles. The van der Waals surface area contributed by atoms with Gasteiger partial charge in [-0.1, -0.05) is 19.9 Å². The van der Waals surface area contributed by atoms with Crippen molar-refractivity contribution in [2.45, 2.75) is 64.3 Å². The van der Waals surface area contributed by atoms with E-state index in [1.54, 1.807) is 6.08 Å². The normalized spacial score (nSPS) is 47.1. The van der Waals surface area contributed by atoms with Gasteiger partial charge in [0.15, 0.2) is 12.4 Å². The average Bonchev–Trinajstić information content (AvgIpc) is 2.93. The molecule has 0 amide bonds. The number of rotatable bonds is 3. The Morgan fingerprint density at radius 3 is 2.63 bits per heavy atom. The molecule has 3 fully saturated rings. The first kappa shape index (κ1) is 21.4. The van der Waals surface area contributed by atoms with Crippen molar-refractivity contribution in [3.63, 3.8) is 0 Å². The standard InChI is InChI=1S/C23H30O7/c1-12(24)30-11-19(28)23(29)7-5-15-14-9-17(26)16-8-13(25)4-6-21(16,2)20(14)18(27)10-22(15,23)3/h4,6,8,14-15,17-18,20,26-27,29H,5,7,9-11H2,1-3H3/t14-,15-,17-,18-,20+,21-,22-,23-/m0/s1. The Morgan fingerprint density at radius 2 is 1.97 bits per heavy atom. The Bertz CT molecular complexity index is 860. The maximum absolute atomic E-state index is 12.9. The van der Waals surface area contributed by atoms with E-state index in [9.17, 15) is 29.7 Å². The maximum Gasteiger partial charge on any atom is 0.303 e. The molecular formula is C23H30O7. The van der Waals surface area contributed by atoms with E-state index in [4.69, 9.17) is 4.74 Å².